The molecule has 1 aliphatic heterocycles. The van der Waals surface area contributed by atoms with Crippen molar-refractivity contribution in [2.24, 2.45) is 15.9 Å². The number of aromatic hydroxyl groups is 1. The number of nitrogens with two attached hydrogens (primary N) is 1. The second kappa shape index (κ2) is 8.57. The number of imide groups is 1. The Kier molecular flexibility index (Phi) is 5.95. The van der Waals surface area contributed by atoms with Crippen molar-refractivity contribution >= 4 is 40.6 Å². The van der Waals surface area contributed by atoms with Crippen LogP contribution in [-0.2, 0) is 9.59 Å². The summed E-state index contributed by atoms with van der Waals surface area (Å²) >= 11 is 0.979. The smallest absolute Gasteiger partial charge is 0.247 e. The number of amides is 2. The van der Waals surface area contributed by atoms with Gasteiger partial charge in [-0.25, -0.2) is 4.90 Å². The Morgan fingerprint density at radius 3 is 2.64 bits per heavy atom. The lowest BCUT2D eigenvalue weighted by Crippen LogP contribution is -2.31. The maximum absolute atomic E-state index is 12.6. The number of hydrogen-bond donors (Lipinski definition) is 2. The Balaban J connectivity index is 1.66. The SMILES string of the molecule is COc1ccc(N2C(=O)CC(S/C(N)=N\N=C\c3ccccc3O)C2=O)cc1. The third kappa shape index (κ3) is 4.32. The fraction of sp³-hybridized carbons (Fsp3) is 0.158. The van der Waals surface area contributed by atoms with Crippen molar-refractivity contribution < 1.29 is 19.4 Å². The van der Waals surface area contributed by atoms with E-state index in [0.29, 0.717) is 17.0 Å². The topological polar surface area (TPSA) is 118 Å². The molecule has 3 N–H and O–H groups in total. The average Bonchev–Trinajstić information content (AvgIpc) is 2.96. The zero-order valence-corrected chi connectivity index (χ0v) is 15.8. The highest BCUT2D eigenvalue weighted by atomic mass is 32.2. The van der Waals surface area contributed by atoms with Crippen molar-refractivity contribution in [1.29, 1.82) is 0 Å². The van der Waals surface area contributed by atoms with Crippen LogP contribution in [0.1, 0.15) is 12.0 Å². The molecular formula is C19H18N4O4S. The summed E-state index contributed by atoms with van der Waals surface area (Å²) in [4.78, 5) is 26.0. The van der Waals surface area contributed by atoms with Crippen LogP contribution >= 0.6 is 11.8 Å². The molecule has 2 aromatic rings. The minimum atomic E-state index is -0.668. The number of amidine groups is 1. The number of anilines is 1. The van der Waals surface area contributed by atoms with Gasteiger partial charge >= 0.3 is 0 Å². The third-order valence-electron chi connectivity index (χ3n) is 3.99. The molecule has 9 heteroatoms. The van der Waals surface area contributed by atoms with Crippen LogP contribution in [0.3, 0.4) is 0 Å². The van der Waals surface area contributed by atoms with Crippen molar-refractivity contribution in [3.05, 3.63) is 54.1 Å². The van der Waals surface area contributed by atoms with Crippen molar-refractivity contribution in [2.75, 3.05) is 12.0 Å². The molecule has 8 nitrogen and oxygen atoms in total. The molecule has 3 rings (SSSR count). The minimum absolute atomic E-state index is 0.0228. The molecule has 2 aromatic carbocycles. The quantitative estimate of drug-likeness (QED) is 0.345. The van der Waals surface area contributed by atoms with Crippen molar-refractivity contribution in [3.8, 4) is 11.5 Å². The molecule has 0 saturated carbocycles. The number of ether oxygens (including phenoxy) is 1. The van der Waals surface area contributed by atoms with E-state index in [4.69, 9.17) is 10.5 Å². The maximum Gasteiger partial charge on any atom is 0.247 e. The normalized spacial score (nSPS) is 17.5. The van der Waals surface area contributed by atoms with Gasteiger partial charge in [0.1, 0.15) is 16.7 Å². The van der Waals surface area contributed by atoms with Crippen LogP contribution in [0, 0.1) is 0 Å². The first-order valence-corrected chi connectivity index (χ1v) is 9.19. The maximum atomic E-state index is 12.6. The van der Waals surface area contributed by atoms with Gasteiger partial charge in [-0.05, 0) is 36.4 Å². The highest BCUT2D eigenvalue weighted by Gasteiger charge is 2.40. The molecule has 2 amide bonds. The van der Waals surface area contributed by atoms with E-state index in [1.165, 1.54) is 19.4 Å². The molecule has 1 fully saturated rings. The predicted molar refractivity (Wildman–Crippen MR) is 109 cm³/mol. The second-order valence-electron chi connectivity index (χ2n) is 5.82. The molecule has 0 bridgehead atoms. The summed E-state index contributed by atoms with van der Waals surface area (Å²) in [5.41, 5.74) is 6.79. The number of phenols is 1. The van der Waals surface area contributed by atoms with Gasteiger partial charge in [-0.2, -0.15) is 5.10 Å². The number of carbonyl (C=O) groups is 2. The van der Waals surface area contributed by atoms with Gasteiger partial charge in [-0.3, -0.25) is 9.59 Å². The lowest BCUT2D eigenvalue weighted by Gasteiger charge is -2.15. The Labute approximate surface area is 165 Å². The van der Waals surface area contributed by atoms with Crippen molar-refractivity contribution in [3.63, 3.8) is 0 Å². The number of phenolic OH excluding ortho intramolecular Hbond substituents is 1. The monoisotopic (exact) mass is 398 g/mol. The van der Waals surface area contributed by atoms with Gasteiger partial charge in [0.2, 0.25) is 11.8 Å². The van der Waals surface area contributed by atoms with E-state index in [2.05, 4.69) is 10.2 Å². The van der Waals surface area contributed by atoms with Gasteiger partial charge < -0.3 is 15.6 Å². The Hall–Kier alpha value is -3.33. The number of methoxy groups -OCH3 is 1. The Bertz CT molecular complexity index is 943. The summed E-state index contributed by atoms with van der Waals surface area (Å²) in [6, 6.07) is 13.3. The van der Waals surface area contributed by atoms with Crippen molar-refractivity contribution in [1.82, 2.24) is 0 Å². The number of carbonyl (C=O) groups excluding carboxylic acids is 2. The van der Waals surface area contributed by atoms with E-state index in [1.807, 2.05) is 0 Å². The van der Waals surface area contributed by atoms with E-state index in [1.54, 1.807) is 42.5 Å². The first-order chi connectivity index (χ1) is 13.5. The molecule has 0 radical (unpaired) electrons. The first-order valence-electron chi connectivity index (χ1n) is 8.31. The van der Waals surface area contributed by atoms with Crippen molar-refractivity contribution in [2.45, 2.75) is 11.7 Å². The molecule has 1 atom stereocenters. The Morgan fingerprint density at radius 1 is 1.25 bits per heavy atom. The van der Waals surface area contributed by atoms with E-state index < -0.39 is 5.25 Å². The fourth-order valence-corrected chi connectivity index (χ4v) is 3.43. The summed E-state index contributed by atoms with van der Waals surface area (Å²) < 4.78 is 5.08. The summed E-state index contributed by atoms with van der Waals surface area (Å²) in [6.07, 6.45) is 1.38. The molecule has 1 heterocycles. The number of thioether (sulfide) groups is 1. The van der Waals surface area contributed by atoms with E-state index in [9.17, 15) is 14.7 Å². The molecule has 144 valence electrons. The van der Waals surface area contributed by atoms with Gasteiger partial charge in [0.05, 0.1) is 19.0 Å². The molecule has 1 aliphatic rings. The number of hydrogen-bond acceptors (Lipinski definition) is 7. The zero-order chi connectivity index (χ0) is 20.1. The van der Waals surface area contributed by atoms with Crippen LogP contribution in [0.2, 0.25) is 0 Å². The largest absolute Gasteiger partial charge is 0.507 e. The lowest BCUT2D eigenvalue weighted by molar-refractivity contribution is -0.121. The first kappa shape index (κ1) is 19.4. The highest BCUT2D eigenvalue weighted by molar-refractivity contribution is 8.14. The summed E-state index contributed by atoms with van der Waals surface area (Å²) in [5.74, 6) is 0.0352. The molecule has 1 saturated heterocycles. The molecule has 0 spiro atoms. The number of para-hydroxylation sites is 1. The molecular weight excluding hydrogens is 380 g/mol. The average molecular weight is 398 g/mol. The molecule has 0 aliphatic carbocycles. The van der Waals surface area contributed by atoms with E-state index in [-0.39, 0.29) is 29.2 Å². The van der Waals surface area contributed by atoms with Crippen LogP contribution in [-0.4, -0.2) is 40.7 Å². The third-order valence-corrected chi connectivity index (χ3v) is 4.96. The van der Waals surface area contributed by atoms with Crippen LogP contribution in [0.4, 0.5) is 5.69 Å². The summed E-state index contributed by atoms with van der Waals surface area (Å²) in [7, 11) is 1.54. The van der Waals surface area contributed by atoms with Crippen LogP contribution < -0.4 is 15.4 Å². The van der Waals surface area contributed by atoms with Gasteiger partial charge in [-0.1, -0.05) is 23.9 Å². The van der Waals surface area contributed by atoms with E-state index in [0.717, 1.165) is 16.7 Å². The van der Waals surface area contributed by atoms with Gasteiger partial charge in [0.15, 0.2) is 5.17 Å². The standard InChI is InChI=1S/C19H18N4O4S/c1-27-14-8-6-13(7-9-14)23-17(25)10-16(18(23)26)28-19(20)22-21-11-12-4-2-3-5-15(12)24/h2-9,11,16,24H,10H2,1H3,(H2,20,22)/b21-11+. The van der Waals surface area contributed by atoms with Crippen LogP contribution in [0.25, 0.3) is 0 Å². The lowest BCUT2D eigenvalue weighted by atomic mass is 10.2. The predicted octanol–water partition coefficient (Wildman–Crippen LogP) is 2.11. The van der Waals surface area contributed by atoms with Gasteiger partial charge in [-0.15, -0.1) is 5.10 Å². The zero-order valence-electron chi connectivity index (χ0n) is 15.0. The highest BCUT2D eigenvalue weighted by Crippen LogP contribution is 2.30. The number of benzene rings is 2. The fourth-order valence-electron chi connectivity index (χ4n) is 2.61. The Morgan fingerprint density at radius 2 is 1.96 bits per heavy atom. The van der Waals surface area contributed by atoms with Gasteiger partial charge in [0, 0.05) is 12.0 Å². The summed E-state index contributed by atoms with van der Waals surface area (Å²) in [5, 5.41) is 16.7. The number of nitrogens with zero attached hydrogens (tertiary/aromatic N) is 3. The number of rotatable bonds is 5. The molecule has 1 unspecified atom stereocenters. The molecule has 28 heavy (non-hydrogen) atoms. The van der Waals surface area contributed by atoms with Gasteiger partial charge in [0.25, 0.3) is 0 Å². The summed E-state index contributed by atoms with van der Waals surface area (Å²) in [6.45, 7) is 0. The minimum Gasteiger partial charge on any atom is -0.507 e. The van der Waals surface area contributed by atoms with Crippen LogP contribution in [0.5, 0.6) is 11.5 Å². The second-order valence-corrected chi connectivity index (χ2v) is 7.04. The molecule has 0 aromatic heterocycles. The van der Waals surface area contributed by atoms with Crippen LogP contribution in [0.15, 0.2) is 58.7 Å². The van der Waals surface area contributed by atoms with E-state index >= 15 is 0 Å².